The number of furan rings is 1. The Morgan fingerprint density at radius 3 is 2.82 bits per heavy atom. The van der Waals surface area contributed by atoms with Gasteiger partial charge < -0.3 is 10.2 Å². The molecule has 17 heavy (non-hydrogen) atoms. The van der Waals surface area contributed by atoms with Crippen LogP contribution in [0.4, 0.5) is 5.69 Å². The van der Waals surface area contributed by atoms with Gasteiger partial charge in [-0.2, -0.15) is 5.10 Å². The molecule has 92 valence electrons. The van der Waals surface area contributed by atoms with Crippen LogP contribution in [0.15, 0.2) is 26.7 Å². The van der Waals surface area contributed by atoms with Gasteiger partial charge >= 0.3 is 0 Å². The van der Waals surface area contributed by atoms with E-state index in [0.717, 1.165) is 40.0 Å². The third-order valence-corrected chi connectivity index (χ3v) is 3.85. The van der Waals surface area contributed by atoms with Crippen molar-refractivity contribution in [3.63, 3.8) is 0 Å². The number of anilines is 1. The molecule has 0 aliphatic rings. The highest BCUT2D eigenvalue weighted by Crippen LogP contribution is 2.35. The van der Waals surface area contributed by atoms with Gasteiger partial charge in [0.1, 0.15) is 10.8 Å². The summed E-state index contributed by atoms with van der Waals surface area (Å²) in [7, 11) is 0. The summed E-state index contributed by atoms with van der Waals surface area (Å²) in [4.78, 5) is 1.09. The average Bonchev–Trinajstić information content (AvgIpc) is 2.80. The fraction of sp³-hybridized carbons (Fsp3) is 0.417. The third kappa shape index (κ3) is 2.34. The fourth-order valence-electron chi connectivity index (χ4n) is 1.63. The Morgan fingerprint density at radius 2 is 2.24 bits per heavy atom. The minimum atomic E-state index is 0.768. The van der Waals surface area contributed by atoms with Crippen LogP contribution < -0.4 is 5.73 Å². The fourth-order valence-corrected chi connectivity index (χ4v) is 2.65. The van der Waals surface area contributed by atoms with Gasteiger partial charge in [-0.15, -0.1) is 0 Å². The molecule has 2 rings (SSSR count). The van der Waals surface area contributed by atoms with Crippen molar-refractivity contribution in [3.05, 3.63) is 23.8 Å². The van der Waals surface area contributed by atoms with Crippen molar-refractivity contribution in [1.82, 2.24) is 9.78 Å². The van der Waals surface area contributed by atoms with Crippen molar-refractivity contribution in [2.24, 2.45) is 0 Å². The largest absolute Gasteiger partial charge is 0.468 e. The summed E-state index contributed by atoms with van der Waals surface area (Å²) in [6.45, 7) is 6.90. The molecule has 0 saturated heterocycles. The number of nitrogen functional groups attached to an aromatic ring is 1. The molecule has 0 radical (unpaired) electrons. The number of hydrogen-bond acceptors (Lipinski definition) is 4. The van der Waals surface area contributed by atoms with Crippen LogP contribution in [0.25, 0.3) is 0 Å². The number of nitrogens with two attached hydrogens (primary N) is 1. The first-order valence-electron chi connectivity index (χ1n) is 5.68. The highest BCUT2D eigenvalue weighted by molar-refractivity contribution is 7.99. The molecule has 2 aromatic rings. The zero-order valence-corrected chi connectivity index (χ0v) is 11.2. The van der Waals surface area contributed by atoms with Crippen LogP contribution in [-0.4, -0.2) is 9.78 Å². The monoisotopic (exact) mass is 251 g/mol. The van der Waals surface area contributed by atoms with Gasteiger partial charge in [0.15, 0.2) is 0 Å². The molecule has 2 aromatic heterocycles. The molecule has 2 heterocycles. The van der Waals surface area contributed by atoms with E-state index in [-0.39, 0.29) is 0 Å². The lowest BCUT2D eigenvalue weighted by Crippen LogP contribution is -2.01. The summed E-state index contributed by atoms with van der Waals surface area (Å²) < 4.78 is 7.27. The van der Waals surface area contributed by atoms with Crippen LogP contribution in [0.1, 0.15) is 24.8 Å². The number of hydrogen-bond donors (Lipinski definition) is 1. The van der Waals surface area contributed by atoms with E-state index in [1.54, 1.807) is 18.0 Å². The summed E-state index contributed by atoms with van der Waals surface area (Å²) in [6, 6.07) is 1.96. The van der Waals surface area contributed by atoms with Crippen LogP contribution >= 0.6 is 11.8 Å². The molecule has 4 nitrogen and oxygen atoms in total. The topological polar surface area (TPSA) is 57.0 Å². The molecule has 0 amide bonds. The molecule has 0 aromatic carbocycles. The van der Waals surface area contributed by atoms with E-state index in [9.17, 15) is 0 Å². The third-order valence-electron chi connectivity index (χ3n) is 2.58. The molecular weight excluding hydrogens is 234 g/mol. The minimum Gasteiger partial charge on any atom is -0.468 e. The summed E-state index contributed by atoms with van der Waals surface area (Å²) in [6.07, 6.45) is 2.74. The molecular formula is C12H17N3OS. The normalized spacial score (nSPS) is 11.0. The highest BCUT2D eigenvalue weighted by atomic mass is 32.2. The molecule has 5 heteroatoms. The Bertz CT molecular complexity index is 516. The van der Waals surface area contributed by atoms with E-state index in [1.807, 2.05) is 24.6 Å². The van der Waals surface area contributed by atoms with Gasteiger partial charge in [0.05, 0.1) is 22.5 Å². The maximum absolute atomic E-state index is 6.07. The lowest BCUT2D eigenvalue weighted by atomic mass is 10.4. The van der Waals surface area contributed by atoms with E-state index >= 15 is 0 Å². The zero-order chi connectivity index (χ0) is 12.4. The summed E-state index contributed by atoms with van der Waals surface area (Å²) in [5, 5.41) is 5.46. The van der Waals surface area contributed by atoms with Crippen LogP contribution in [0, 0.1) is 13.8 Å². The van der Waals surface area contributed by atoms with Crippen molar-refractivity contribution >= 4 is 17.4 Å². The van der Waals surface area contributed by atoms with E-state index in [2.05, 4.69) is 12.0 Å². The smallest absolute Gasteiger partial charge is 0.122 e. The van der Waals surface area contributed by atoms with Gasteiger partial charge in [-0.1, -0.05) is 18.7 Å². The quantitative estimate of drug-likeness (QED) is 0.906. The van der Waals surface area contributed by atoms with E-state index in [4.69, 9.17) is 10.2 Å². The van der Waals surface area contributed by atoms with E-state index in [0.29, 0.717) is 0 Å². The molecule has 0 unspecified atom stereocenters. The SMILES string of the molecule is CCCn1nc(C)c(N)c1Sc1ccoc1C. The van der Waals surface area contributed by atoms with Crippen LogP contribution in [-0.2, 0) is 6.54 Å². The van der Waals surface area contributed by atoms with Crippen LogP contribution in [0.3, 0.4) is 0 Å². The van der Waals surface area contributed by atoms with Crippen molar-refractivity contribution in [2.75, 3.05) is 5.73 Å². The summed E-state index contributed by atoms with van der Waals surface area (Å²) in [5.41, 5.74) is 7.72. The van der Waals surface area contributed by atoms with Crippen molar-refractivity contribution in [1.29, 1.82) is 0 Å². The Balaban J connectivity index is 2.34. The predicted octanol–water partition coefficient (Wildman–Crippen LogP) is 3.24. The maximum Gasteiger partial charge on any atom is 0.122 e. The first-order valence-corrected chi connectivity index (χ1v) is 6.50. The predicted molar refractivity (Wildman–Crippen MR) is 69.2 cm³/mol. The Hall–Kier alpha value is -1.36. The molecule has 0 spiro atoms. The molecule has 0 aliphatic heterocycles. The van der Waals surface area contributed by atoms with Crippen molar-refractivity contribution in [3.8, 4) is 0 Å². The summed E-state index contributed by atoms with van der Waals surface area (Å²) >= 11 is 1.62. The second-order valence-corrected chi connectivity index (χ2v) is 5.00. The van der Waals surface area contributed by atoms with Crippen LogP contribution in [0.2, 0.25) is 0 Å². The van der Waals surface area contributed by atoms with Gasteiger partial charge in [0.2, 0.25) is 0 Å². The standard InChI is InChI=1S/C12H17N3OS/c1-4-6-15-12(11(13)8(2)14-15)17-10-5-7-16-9(10)3/h5,7H,4,6,13H2,1-3H3. The van der Waals surface area contributed by atoms with E-state index in [1.165, 1.54) is 0 Å². The number of nitrogens with zero attached hydrogens (tertiary/aromatic N) is 2. The Labute approximate surface area is 105 Å². The molecule has 0 atom stereocenters. The van der Waals surface area contributed by atoms with E-state index < -0.39 is 0 Å². The minimum absolute atomic E-state index is 0.768. The van der Waals surface area contributed by atoms with Crippen molar-refractivity contribution in [2.45, 2.75) is 43.7 Å². The van der Waals surface area contributed by atoms with Gasteiger partial charge in [-0.25, -0.2) is 0 Å². The molecule has 0 bridgehead atoms. The lowest BCUT2D eigenvalue weighted by molar-refractivity contribution is 0.526. The van der Waals surface area contributed by atoms with Gasteiger partial charge in [-0.05, 0) is 26.3 Å². The second-order valence-electron chi connectivity index (χ2n) is 3.97. The number of aryl methyl sites for hydroxylation is 3. The first kappa shape index (κ1) is 12.1. The Kier molecular flexibility index (Phi) is 3.47. The Morgan fingerprint density at radius 1 is 1.47 bits per heavy atom. The van der Waals surface area contributed by atoms with Gasteiger partial charge in [0.25, 0.3) is 0 Å². The molecule has 0 fully saturated rings. The first-order chi connectivity index (χ1) is 8.13. The van der Waals surface area contributed by atoms with Gasteiger partial charge in [-0.3, -0.25) is 4.68 Å². The van der Waals surface area contributed by atoms with Crippen LogP contribution in [0.5, 0.6) is 0 Å². The average molecular weight is 251 g/mol. The van der Waals surface area contributed by atoms with Crippen molar-refractivity contribution < 1.29 is 4.42 Å². The zero-order valence-electron chi connectivity index (χ0n) is 10.4. The number of rotatable bonds is 4. The molecule has 2 N–H and O–H groups in total. The maximum atomic E-state index is 6.07. The number of aromatic nitrogens is 2. The second kappa shape index (κ2) is 4.87. The highest BCUT2D eigenvalue weighted by Gasteiger charge is 2.15. The summed E-state index contributed by atoms with van der Waals surface area (Å²) in [5.74, 6) is 0.913. The lowest BCUT2D eigenvalue weighted by Gasteiger charge is -2.05. The molecule has 0 saturated carbocycles. The molecule has 0 aliphatic carbocycles. The van der Waals surface area contributed by atoms with Gasteiger partial charge in [0, 0.05) is 6.54 Å².